The highest BCUT2D eigenvalue weighted by Gasteiger charge is 2.46. The molecule has 0 radical (unpaired) electrons. The number of anilines is 1. The van der Waals surface area contributed by atoms with Crippen molar-refractivity contribution >= 4 is 11.7 Å². The summed E-state index contributed by atoms with van der Waals surface area (Å²) >= 11 is 0. The lowest BCUT2D eigenvalue weighted by atomic mass is 9.94. The number of hydrogen-bond donors (Lipinski definition) is 4. The molecule has 2 aliphatic rings. The fourth-order valence-electron chi connectivity index (χ4n) is 4.17. The fourth-order valence-corrected chi connectivity index (χ4v) is 4.17. The van der Waals surface area contributed by atoms with Crippen molar-refractivity contribution in [2.24, 2.45) is 5.92 Å². The van der Waals surface area contributed by atoms with Gasteiger partial charge < -0.3 is 35.1 Å². The highest BCUT2D eigenvalue weighted by atomic mass is 16.5. The molecule has 2 heterocycles. The SMILES string of the molecule is COc1cc(NC(=O)NC[C@H]2O[C@@H](CO)[C@@H](O)[C@H]2N2CCC(C)CC2)cc(OC)c1. The number of benzene rings is 1. The molecule has 0 aliphatic carbocycles. The maximum absolute atomic E-state index is 12.4. The summed E-state index contributed by atoms with van der Waals surface area (Å²) in [6.45, 7) is 3.94. The zero-order chi connectivity index (χ0) is 21.7. The number of aliphatic hydroxyl groups excluding tert-OH is 2. The number of amides is 2. The molecule has 4 N–H and O–H groups in total. The number of ether oxygens (including phenoxy) is 3. The lowest BCUT2D eigenvalue weighted by Gasteiger charge is -2.38. The first-order valence-electron chi connectivity index (χ1n) is 10.4. The summed E-state index contributed by atoms with van der Waals surface area (Å²) in [5, 5.41) is 25.8. The second-order valence-corrected chi connectivity index (χ2v) is 8.03. The quantitative estimate of drug-likeness (QED) is 0.518. The van der Waals surface area contributed by atoms with Crippen LogP contribution in [-0.4, -0.2) is 86.0 Å². The van der Waals surface area contributed by atoms with Crippen LogP contribution in [-0.2, 0) is 4.74 Å². The predicted molar refractivity (Wildman–Crippen MR) is 112 cm³/mol. The number of methoxy groups -OCH3 is 2. The van der Waals surface area contributed by atoms with Gasteiger partial charge in [-0.15, -0.1) is 0 Å². The number of hydrogen-bond acceptors (Lipinski definition) is 7. The molecule has 2 amide bonds. The van der Waals surface area contributed by atoms with Crippen molar-refractivity contribution in [3.63, 3.8) is 0 Å². The highest BCUT2D eigenvalue weighted by Crippen LogP contribution is 2.29. The zero-order valence-electron chi connectivity index (χ0n) is 17.8. The Balaban J connectivity index is 1.60. The maximum atomic E-state index is 12.4. The van der Waals surface area contributed by atoms with Gasteiger partial charge in [-0.1, -0.05) is 6.92 Å². The van der Waals surface area contributed by atoms with Crippen LogP contribution in [0.25, 0.3) is 0 Å². The van der Waals surface area contributed by atoms with Crippen molar-refractivity contribution in [3.05, 3.63) is 18.2 Å². The van der Waals surface area contributed by atoms with E-state index in [4.69, 9.17) is 14.2 Å². The minimum Gasteiger partial charge on any atom is -0.497 e. The van der Waals surface area contributed by atoms with E-state index >= 15 is 0 Å². The van der Waals surface area contributed by atoms with Gasteiger partial charge in [0, 0.05) is 30.4 Å². The van der Waals surface area contributed by atoms with Crippen molar-refractivity contribution in [2.45, 2.75) is 44.1 Å². The second-order valence-electron chi connectivity index (χ2n) is 8.03. The van der Waals surface area contributed by atoms with Gasteiger partial charge in [-0.2, -0.15) is 0 Å². The van der Waals surface area contributed by atoms with Gasteiger partial charge in [-0.25, -0.2) is 4.79 Å². The Morgan fingerprint density at radius 1 is 1.17 bits per heavy atom. The Hall–Kier alpha value is -2.07. The Bertz CT molecular complexity index is 688. The van der Waals surface area contributed by atoms with E-state index in [9.17, 15) is 15.0 Å². The summed E-state index contributed by atoms with van der Waals surface area (Å²) < 4.78 is 16.3. The van der Waals surface area contributed by atoms with E-state index < -0.39 is 24.3 Å². The van der Waals surface area contributed by atoms with Crippen molar-refractivity contribution in [1.29, 1.82) is 0 Å². The molecule has 30 heavy (non-hydrogen) atoms. The first-order chi connectivity index (χ1) is 14.4. The normalized spacial score (nSPS) is 27.6. The van der Waals surface area contributed by atoms with Gasteiger partial charge in [0.15, 0.2) is 0 Å². The Labute approximate surface area is 177 Å². The minimum absolute atomic E-state index is 0.219. The lowest BCUT2D eigenvalue weighted by molar-refractivity contribution is -0.0205. The molecule has 9 nitrogen and oxygen atoms in total. The molecule has 0 saturated carbocycles. The summed E-state index contributed by atoms with van der Waals surface area (Å²) in [4.78, 5) is 14.7. The molecule has 2 saturated heterocycles. The van der Waals surface area contributed by atoms with Crippen molar-refractivity contribution < 1.29 is 29.2 Å². The molecule has 1 aromatic carbocycles. The number of rotatable bonds is 7. The number of urea groups is 1. The van der Waals surface area contributed by atoms with Gasteiger partial charge in [0.2, 0.25) is 0 Å². The number of piperidine rings is 1. The predicted octanol–water partition coefficient (Wildman–Crippen LogP) is 1.05. The number of likely N-dealkylation sites (tertiary alicyclic amines) is 1. The summed E-state index contributed by atoms with van der Waals surface area (Å²) in [5.41, 5.74) is 0.533. The Morgan fingerprint density at radius 3 is 2.37 bits per heavy atom. The van der Waals surface area contributed by atoms with Crippen LogP contribution in [0.1, 0.15) is 19.8 Å². The smallest absolute Gasteiger partial charge is 0.319 e. The average molecular weight is 424 g/mol. The molecule has 0 bridgehead atoms. The summed E-state index contributed by atoms with van der Waals surface area (Å²) in [5.74, 6) is 1.80. The molecule has 168 valence electrons. The van der Waals surface area contributed by atoms with E-state index in [-0.39, 0.29) is 19.2 Å². The molecule has 2 aliphatic heterocycles. The van der Waals surface area contributed by atoms with E-state index in [0.29, 0.717) is 23.1 Å². The molecule has 4 atom stereocenters. The van der Waals surface area contributed by atoms with E-state index in [1.807, 2.05) is 0 Å². The first kappa shape index (κ1) is 22.6. The number of carbonyl (C=O) groups is 1. The molecule has 1 aromatic rings. The van der Waals surface area contributed by atoms with Crippen LogP contribution < -0.4 is 20.1 Å². The fraction of sp³-hybridized carbons (Fsp3) is 0.667. The number of carbonyl (C=O) groups excluding carboxylic acids is 1. The molecular formula is C21H33N3O6. The lowest BCUT2D eigenvalue weighted by Crippen LogP contribution is -2.53. The van der Waals surface area contributed by atoms with Crippen molar-refractivity contribution in [1.82, 2.24) is 10.2 Å². The minimum atomic E-state index is -0.791. The van der Waals surface area contributed by atoms with E-state index in [2.05, 4.69) is 22.5 Å². The van der Waals surface area contributed by atoms with Crippen molar-refractivity contribution in [3.8, 4) is 11.5 Å². The van der Waals surface area contributed by atoms with Crippen molar-refractivity contribution in [2.75, 3.05) is 45.8 Å². The van der Waals surface area contributed by atoms with Crippen LogP contribution in [0, 0.1) is 5.92 Å². The van der Waals surface area contributed by atoms with Crippen LogP contribution in [0.15, 0.2) is 18.2 Å². The Kier molecular flexibility index (Phi) is 7.76. The number of aliphatic hydroxyl groups is 2. The van der Waals surface area contributed by atoms with Gasteiger partial charge in [-0.3, -0.25) is 4.90 Å². The third-order valence-electron chi connectivity index (χ3n) is 5.95. The van der Waals surface area contributed by atoms with Gasteiger partial charge in [0.25, 0.3) is 0 Å². The van der Waals surface area contributed by atoms with Gasteiger partial charge >= 0.3 is 6.03 Å². The monoisotopic (exact) mass is 423 g/mol. The van der Waals surface area contributed by atoms with E-state index in [1.54, 1.807) is 32.4 Å². The Morgan fingerprint density at radius 2 is 1.80 bits per heavy atom. The number of nitrogens with zero attached hydrogens (tertiary/aromatic N) is 1. The van der Waals surface area contributed by atoms with E-state index in [0.717, 1.165) is 25.9 Å². The average Bonchev–Trinajstić information content (AvgIpc) is 3.07. The van der Waals surface area contributed by atoms with Crippen LogP contribution in [0.5, 0.6) is 11.5 Å². The van der Waals surface area contributed by atoms with Crippen LogP contribution in [0.2, 0.25) is 0 Å². The molecule has 2 fully saturated rings. The third kappa shape index (κ3) is 5.34. The van der Waals surface area contributed by atoms with Crippen LogP contribution in [0.3, 0.4) is 0 Å². The standard InChI is InChI=1S/C21H33N3O6/c1-13-4-6-24(7-5-13)19-17(30-18(12-25)20(19)26)11-22-21(27)23-14-8-15(28-2)10-16(9-14)29-3/h8-10,13,17-20,25-26H,4-7,11-12H2,1-3H3,(H2,22,23,27)/t17-,18+,19+,20-/m1/s1. The van der Waals surface area contributed by atoms with E-state index in [1.165, 1.54) is 0 Å². The van der Waals surface area contributed by atoms with Gasteiger partial charge in [0.1, 0.15) is 23.7 Å². The van der Waals surface area contributed by atoms with Crippen LogP contribution >= 0.6 is 0 Å². The second kappa shape index (κ2) is 10.3. The third-order valence-corrected chi connectivity index (χ3v) is 5.95. The maximum Gasteiger partial charge on any atom is 0.319 e. The van der Waals surface area contributed by atoms with Gasteiger partial charge in [-0.05, 0) is 31.8 Å². The van der Waals surface area contributed by atoms with Crippen LogP contribution in [0.4, 0.5) is 10.5 Å². The van der Waals surface area contributed by atoms with Gasteiger partial charge in [0.05, 0.1) is 33.0 Å². The first-order valence-corrected chi connectivity index (χ1v) is 10.4. The molecule has 0 aromatic heterocycles. The highest BCUT2D eigenvalue weighted by molar-refractivity contribution is 5.89. The molecule has 0 spiro atoms. The molecular weight excluding hydrogens is 390 g/mol. The topological polar surface area (TPSA) is 113 Å². The summed E-state index contributed by atoms with van der Waals surface area (Å²) in [6, 6.07) is 4.44. The number of nitrogens with one attached hydrogen (secondary N) is 2. The molecule has 0 unspecified atom stereocenters. The summed E-state index contributed by atoms with van der Waals surface area (Å²) in [6.07, 6.45) is 0.278. The molecule has 3 rings (SSSR count). The summed E-state index contributed by atoms with van der Waals surface area (Å²) in [7, 11) is 3.08. The zero-order valence-corrected chi connectivity index (χ0v) is 17.8. The largest absolute Gasteiger partial charge is 0.497 e. The molecule has 9 heteroatoms.